The Morgan fingerprint density at radius 2 is 2.16 bits per heavy atom. The second-order valence-corrected chi connectivity index (χ2v) is 5.24. The maximum atomic E-state index is 13.7. The van der Waals surface area contributed by atoms with Crippen LogP contribution in [0.2, 0.25) is 0 Å². The number of imidazole rings is 1. The lowest BCUT2D eigenvalue weighted by atomic mass is 10.2. The maximum absolute atomic E-state index is 13.7. The molecule has 0 bridgehead atoms. The SMILES string of the molecule is CC(C)n1c(SCC(=O)O)nc2c(F)cc(F)cc21. The van der Waals surface area contributed by atoms with Gasteiger partial charge in [-0.1, -0.05) is 11.8 Å². The molecule has 0 radical (unpaired) electrons. The first-order chi connectivity index (χ1) is 8.90. The number of carbonyl (C=O) groups is 1. The molecular formula is C12H12F2N2O2S. The Morgan fingerprint density at radius 1 is 1.47 bits per heavy atom. The summed E-state index contributed by atoms with van der Waals surface area (Å²) in [5, 5.41) is 9.06. The van der Waals surface area contributed by atoms with E-state index in [-0.39, 0.29) is 17.3 Å². The highest BCUT2D eigenvalue weighted by atomic mass is 32.2. The molecule has 1 heterocycles. The van der Waals surface area contributed by atoms with E-state index < -0.39 is 17.6 Å². The third-order valence-corrected chi connectivity index (χ3v) is 3.46. The number of carboxylic acids is 1. The number of rotatable bonds is 4. The molecule has 0 aliphatic heterocycles. The van der Waals surface area contributed by atoms with Crippen molar-refractivity contribution in [3.05, 3.63) is 23.8 Å². The maximum Gasteiger partial charge on any atom is 0.313 e. The van der Waals surface area contributed by atoms with Crippen molar-refractivity contribution in [1.82, 2.24) is 9.55 Å². The van der Waals surface area contributed by atoms with Crippen molar-refractivity contribution < 1.29 is 18.7 Å². The molecule has 0 amide bonds. The van der Waals surface area contributed by atoms with Crippen LogP contribution in [-0.2, 0) is 4.79 Å². The molecule has 0 aliphatic rings. The third kappa shape index (κ3) is 2.70. The number of benzene rings is 1. The van der Waals surface area contributed by atoms with Gasteiger partial charge in [0, 0.05) is 18.2 Å². The quantitative estimate of drug-likeness (QED) is 0.878. The van der Waals surface area contributed by atoms with E-state index in [1.165, 1.54) is 6.07 Å². The summed E-state index contributed by atoms with van der Waals surface area (Å²) in [6.45, 7) is 3.68. The Kier molecular flexibility index (Phi) is 3.75. The number of nitrogens with zero attached hydrogens (tertiary/aromatic N) is 2. The largest absolute Gasteiger partial charge is 0.481 e. The minimum atomic E-state index is -0.987. The molecular weight excluding hydrogens is 274 g/mol. The van der Waals surface area contributed by atoms with E-state index in [0.29, 0.717) is 10.7 Å². The highest BCUT2D eigenvalue weighted by molar-refractivity contribution is 7.99. The van der Waals surface area contributed by atoms with Crippen molar-refractivity contribution in [1.29, 1.82) is 0 Å². The lowest BCUT2D eigenvalue weighted by molar-refractivity contribution is -0.133. The topological polar surface area (TPSA) is 55.1 Å². The molecule has 4 nitrogen and oxygen atoms in total. The molecule has 0 spiro atoms. The Morgan fingerprint density at radius 3 is 2.74 bits per heavy atom. The lowest BCUT2D eigenvalue weighted by Gasteiger charge is -2.11. The highest BCUT2D eigenvalue weighted by Crippen LogP contribution is 2.29. The van der Waals surface area contributed by atoms with Crippen LogP contribution in [0.5, 0.6) is 0 Å². The predicted molar refractivity (Wildman–Crippen MR) is 68.4 cm³/mol. The number of hydrogen-bond donors (Lipinski definition) is 1. The fourth-order valence-corrected chi connectivity index (χ4v) is 2.68. The zero-order valence-electron chi connectivity index (χ0n) is 10.4. The number of hydrogen-bond acceptors (Lipinski definition) is 3. The second-order valence-electron chi connectivity index (χ2n) is 4.30. The first-order valence-corrected chi connectivity index (χ1v) is 6.60. The van der Waals surface area contributed by atoms with Gasteiger partial charge in [-0.25, -0.2) is 13.8 Å². The van der Waals surface area contributed by atoms with Crippen LogP contribution >= 0.6 is 11.8 Å². The Labute approximate surface area is 112 Å². The van der Waals surface area contributed by atoms with Gasteiger partial charge in [-0.3, -0.25) is 4.79 Å². The average Bonchev–Trinajstić information content (AvgIpc) is 2.64. The van der Waals surface area contributed by atoms with Crippen molar-refractivity contribution in [2.24, 2.45) is 0 Å². The summed E-state index contributed by atoms with van der Waals surface area (Å²) in [4.78, 5) is 14.7. The number of carboxylic acid groups (broad SMARTS) is 1. The highest BCUT2D eigenvalue weighted by Gasteiger charge is 2.18. The van der Waals surface area contributed by atoms with Crippen LogP contribution in [0.3, 0.4) is 0 Å². The van der Waals surface area contributed by atoms with Gasteiger partial charge < -0.3 is 9.67 Å². The van der Waals surface area contributed by atoms with Gasteiger partial charge in [-0.2, -0.15) is 0 Å². The Bertz CT molecular complexity index is 640. The summed E-state index contributed by atoms with van der Waals surface area (Å²) in [6, 6.07) is 1.89. The first-order valence-electron chi connectivity index (χ1n) is 5.61. The molecule has 2 aromatic rings. The third-order valence-electron chi connectivity index (χ3n) is 2.52. The molecule has 19 heavy (non-hydrogen) atoms. The summed E-state index contributed by atoms with van der Waals surface area (Å²) in [5.41, 5.74) is 0.392. The van der Waals surface area contributed by atoms with Crippen LogP contribution in [-0.4, -0.2) is 26.4 Å². The first kappa shape index (κ1) is 13.8. The number of thioether (sulfide) groups is 1. The van der Waals surface area contributed by atoms with Crippen molar-refractivity contribution in [3.8, 4) is 0 Å². The van der Waals surface area contributed by atoms with E-state index in [9.17, 15) is 13.6 Å². The smallest absolute Gasteiger partial charge is 0.313 e. The molecule has 102 valence electrons. The molecule has 2 rings (SSSR count). The molecule has 1 aromatic heterocycles. The molecule has 0 unspecified atom stereocenters. The van der Waals surface area contributed by atoms with Crippen LogP contribution in [0.15, 0.2) is 17.3 Å². The number of fused-ring (bicyclic) bond motifs is 1. The van der Waals surface area contributed by atoms with Crippen molar-refractivity contribution in [2.75, 3.05) is 5.75 Å². The average molecular weight is 286 g/mol. The lowest BCUT2D eigenvalue weighted by Crippen LogP contribution is -2.05. The zero-order valence-corrected chi connectivity index (χ0v) is 11.2. The standard InChI is InChI=1S/C12H12F2N2O2S/c1-6(2)16-9-4-7(13)3-8(14)11(9)15-12(16)19-5-10(17)18/h3-4,6H,5H2,1-2H3,(H,17,18). The van der Waals surface area contributed by atoms with Crippen LogP contribution in [0, 0.1) is 11.6 Å². The van der Waals surface area contributed by atoms with Gasteiger partial charge in [0.05, 0.1) is 11.3 Å². The monoisotopic (exact) mass is 286 g/mol. The van der Waals surface area contributed by atoms with Crippen molar-refractivity contribution in [2.45, 2.75) is 25.0 Å². The van der Waals surface area contributed by atoms with E-state index in [1.807, 2.05) is 13.8 Å². The van der Waals surface area contributed by atoms with Gasteiger partial charge in [0.25, 0.3) is 0 Å². The molecule has 1 N–H and O–H groups in total. The Hall–Kier alpha value is -1.63. The van der Waals surface area contributed by atoms with E-state index in [1.54, 1.807) is 4.57 Å². The fraction of sp³-hybridized carbons (Fsp3) is 0.333. The van der Waals surface area contributed by atoms with Crippen molar-refractivity contribution >= 4 is 28.8 Å². The van der Waals surface area contributed by atoms with Gasteiger partial charge >= 0.3 is 5.97 Å². The summed E-state index contributed by atoms with van der Waals surface area (Å²) < 4.78 is 28.6. The minimum absolute atomic E-state index is 0.0583. The molecule has 0 saturated heterocycles. The summed E-state index contributed by atoms with van der Waals surface area (Å²) >= 11 is 0.987. The summed E-state index contributed by atoms with van der Waals surface area (Å²) in [7, 11) is 0. The molecule has 7 heteroatoms. The van der Waals surface area contributed by atoms with E-state index in [2.05, 4.69) is 4.98 Å². The fourth-order valence-electron chi connectivity index (χ4n) is 1.83. The predicted octanol–water partition coefficient (Wildman–Crippen LogP) is 3.07. The molecule has 0 fully saturated rings. The minimum Gasteiger partial charge on any atom is -0.481 e. The molecule has 0 atom stereocenters. The van der Waals surface area contributed by atoms with Crippen LogP contribution < -0.4 is 0 Å². The summed E-state index contributed by atoms with van der Waals surface area (Å²) in [5.74, 6) is -2.59. The summed E-state index contributed by atoms with van der Waals surface area (Å²) in [6.07, 6.45) is 0. The Balaban J connectivity index is 2.60. The second kappa shape index (κ2) is 5.16. The van der Waals surface area contributed by atoms with Crippen LogP contribution in [0.25, 0.3) is 11.0 Å². The van der Waals surface area contributed by atoms with E-state index >= 15 is 0 Å². The van der Waals surface area contributed by atoms with Gasteiger partial charge in [0.15, 0.2) is 11.0 Å². The van der Waals surface area contributed by atoms with Crippen molar-refractivity contribution in [3.63, 3.8) is 0 Å². The molecule has 1 aromatic carbocycles. The number of aromatic nitrogens is 2. The van der Waals surface area contributed by atoms with E-state index in [0.717, 1.165) is 17.8 Å². The van der Waals surface area contributed by atoms with Gasteiger partial charge in [-0.15, -0.1) is 0 Å². The molecule has 0 aliphatic carbocycles. The zero-order chi connectivity index (χ0) is 14.2. The van der Waals surface area contributed by atoms with Gasteiger partial charge in [0.2, 0.25) is 0 Å². The van der Waals surface area contributed by atoms with E-state index in [4.69, 9.17) is 5.11 Å². The number of aliphatic carboxylic acids is 1. The van der Waals surface area contributed by atoms with Gasteiger partial charge in [-0.05, 0) is 13.8 Å². The normalized spacial score (nSPS) is 11.4. The number of halogens is 2. The van der Waals surface area contributed by atoms with Gasteiger partial charge in [0.1, 0.15) is 11.3 Å². The molecule has 0 saturated carbocycles. The van der Waals surface area contributed by atoms with Crippen LogP contribution in [0.1, 0.15) is 19.9 Å². The van der Waals surface area contributed by atoms with Crippen LogP contribution in [0.4, 0.5) is 8.78 Å².